The fraction of sp³-hybridized carbons (Fsp3) is 0.750. The molecule has 4 heteroatoms. The number of aliphatic hydroxyl groups is 1. The molecule has 0 saturated heterocycles. The van der Waals surface area contributed by atoms with Gasteiger partial charge in [0.1, 0.15) is 0 Å². The van der Waals surface area contributed by atoms with E-state index in [1.54, 1.807) is 6.20 Å². The van der Waals surface area contributed by atoms with Gasteiger partial charge in [0.05, 0.1) is 11.9 Å². The molecule has 0 aliphatic rings. The first kappa shape index (κ1) is 9.19. The molecule has 0 unspecified atom stereocenters. The fourth-order valence-corrected chi connectivity index (χ4v) is 1.11. The molecule has 12 heavy (non-hydrogen) atoms. The Morgan fingerprint density at radius 1 is 1.58 bits per heavy atom. The molecule has 0 aliphatic carbocycles. The van der Waals surface area contributed by atoms with E-state index in [-0.39, 0.29) is 6.61 Å². The summed E-state index contributed by atoms with van der Waals surface area (Å²) in [6, 6.07) is 0. The van der Waals surface area contributed by atoms with Gasteiger partial charge in [0, 0.05) is 13.2 Å². The lowest BCUT2D eigenvalue weighted by molar-refractivity contribution is 0.275. The summed E-state index contributed by atoms with van der Waals surface area (Å²) in [6.07, 6.45) is 2.52. The average Bonchev–Trinajstić information content (AvgIpc) is 2.48. The minimum atomic E-state index is 0.206. The van der Waals surface area contributed by atoms with Crippen molar-refractivity contribution in [2.75, 3.05) is 6.61 Å². The number of rotatable bonds is 4. The van der Waals surface area contributed by atoms with Gasteiger partial charge in [-0.25, -0.2) is 4.68 Å². The van der Waals surface area contributed by atoms with Crippen LogP contribution in [0.1, 0.15) is 31.9 Å². The van der Waals surface area contributed by atoms with Crippen LogP contribution in [0, 0.1) is 0 Å². The number of hydrogen-bond acceptors (Lipinski definition) is 3. The Balaban J connectivity index is 2.64. The molecular weight excluding hydrogens is 154 g/mol. The van der Waals surface area contributed by atoms with E-state index in [4.69, 9.17) is 5.11 Å². The molecule has 4 nitrogen and oxygen atoms in total. The normalized spacial score (nSPS) is 11.0. The third kappa shape index (κ3) is 2.04. The van der Waals surface area contributed by atoms with Gasteiger partial charge in [-0.3, -0.25) is 0 Å². The van der Waals surface area contributed by atoms with Crippen molar-refractivity contribution in [3.8, 4) is 0 Å². The number of hydrogen-bond donors (Lipinski definition) is 1. The lowest BCUT2D eigenvalue weighted by Crippen LogP contribution is -2.07. The Kier molecular flexibility index (Phi) is 3.22. The van der Waals surface area contributed by atoms with Crippen LogP contribution in [0.3, 0.4) is 0 Å². The van der Waals surface area contributed by atoms with Crippen LogP contribution in [0.4, 0.5) is 0 Å². The zero-order valence-electron chi connectivity index (χ0n) is 7.56. The van der Waals surface area contributed by atoms with Gasteiger partial charge in [-0.05, 0) is 12.3 Å². The summed E-state index contributed by atoms with van der Waals surface area (Å²) in [5, 5.41) is 16.4. The molecule has 1 heterocycles. The number of nitrogens with zero attached hydrogens (tertiary/aromatic N) is 3. The van der Waals surface area contributed by atoms with Gasteiger partial charge in [-0.2, -0.15) is 0 Å². The van der Waals surface area contributed by atoms with Crippen LogP contribution in [0.15, 0.2) is 6.20 Å². The van der Waals surface area contributed by atoms with Gasteiger partial charge in [-0.1, -0.05) is 19.1 Å². The summed E-state index contributed by atoms with van der Waals surface area (Å²) in [6.45, 7) is 5.17. The molecule has 0 amide bonds. The van der Waals surface area contributed by atoms with E-state index in [2.05, 4.69) is 24.2 Å². The van der Waals surface area contributed by atoms with Crippen molar-refractivity contribution in [2.24, 2.45) is 0 Å². The van der Waals surface area contributed by atoms with Crippen LogP contribution in [-0.4, -0.2) is 26.7 Å². The van der Waals surface area contributed by atoms with E-state index in [9.17, 15) is 0 Å². The quantitative estimate of drug-likeness (QED) is 0.724. The zero-order valence-corrected chi connectivity index (χ0v) is 7.56. The molecule has 1 N–H and O–H groups in total. The molecule has 0 spiro atoms. The van der Waals surface area contributed by atoms with E-state index < -0.39 is 0 Å². The second-order valence-corrected chi connectivity index (χ2v) is 3.11. The summed E-state index contributed by atoms with van der Waals surface area (Å²) in [7, 11) is 0. The Labute approximate surface area is 72.2 Å². The van der Waals surface area contributed by atoms with Crippen molar-refractivity contribution in [1.29, 1.82) is 0 Å². The van der Waals surface area contributed by atoms with Gasteiger partial charge in [-0.15, -0.1) is 5.10 Å². The molecule has 1 rings (SSSR count). The van der Waals surface area contributed by atoms with Crippen LogP contribution in [0.2, 0.25) is 0 Å². The maximum Gasteiger partial charge on any atom is 0.0727 e. The molecular formula is C8H15N3O. The van der Waals surface area contributed by atoms with Gasteiger partial charge in [0.25, 0.3) is 0 Å². The van der Waals surface area contributed by atoms with E-state index in [1.165, 1.54) is 0 Å². The Morgan fingerprint density at radius 2 is 2.33 bits per heavy atom. The highest BCUT2D eigenvalue weighted by Gasteiger charge is 2.06. The van der Waals surface area contributed by atoms with Gasteiger partial charge in [0.15, 0.2) is 0 Å². The molecule has 1 aromatic heterocycles. The predicted molar refractivity (Wildman–Crippen MR) is 45.8 cm³/mol. The van der Waals surface area contributed by atoms with Crippen LogP contribution in [-0.2, 0) is 6.54 Å². The molecule has 0 fully saturated rings. The third-order valence-electron chi connectivity index (χ3n) is 1.77. The fourth-order valence-electron chi connectivity index (χ4n) is 1.11. The highest BCUT2D eigenvalue weighted by Crippen LogP contribution is 2.11. The van der Waals surface area contributed by atoms with Crippen molar-refractivity contribution in [1.82, 2.24) is 15.0 Å². The molecule has 0 atom stereocenters. The molecule has 0 bridgehead atoms. The van der Waals surface area contributed by atoms with Crippen molar-refractivity contribution in [3.05, 3.63) is 11.9 Å². The molecule has 0 radical (unpaired) electrons. The highest BCUT2D eigenvalue weighted by molar-refractivity contribution is 4.99. The van der Waals surface area contributed by atoms with Crippen molar-refractivity contribution < 1.29 is 5.11 Å². The van der Waals surface area contributed by atoms with E-state index in [0.717, 1.165) is 18.7 Å². The van der Waals surface area contributed by atoms with Gasteiger partial charge >= 0.3 is 0 Å². The van der Waals surface area contributed by atoms with E-state index in [0.29, 0.717) is 5.92 Å². The largest absolute Gasteiger partial charge is 0.396 e. The molecule has 68 valence electrons. The standard InChI is InChI=1S/C8H15N3O/c1-7(2)8-6-9-10-11(8)4-3-5-12/h6-7,12H,3-5H2,1-2H3. The second-order valence-electron chi connectivity index (χ2n) is 3.11. The SMILES string of the molecule is CC(C)c1cnnn1CCCO. The molecule has 0 aliphatic heterocycles. The van der Waals surface area contributed by atoms with E-state index in [1.807, 2.05) is 4.68 Å². The molecule has 0 aromatic carbocycles. The smallest absolute Gasteiger partial charge is 0.0727 e. The summed E-state index contributed by atoms with van der Waals surface area (Å²) in [4.78, 5) is 0. The maximum absolute atomic E-state index is 8.63. The van der Waals surface area contributed by atoms with E-state index >= 15 is 0 Å². The Hall–Kier alpha value is -0.900. The summed E-state index contributed by atoms with van der Waals surface area (Å²) >= 11 is 0. The zero-order chi connectivity index (χ0) is 8.97. The maximum atomic E-state index is 8.63. The summed E-state index contributed by atoms with van der Waals surface area (Å²) in [5.41, 5.74) is 1.13. The Morgan fingerprint density at radius 3 is 2.92 bits per heavy atom. The minimum Gasteiger partial charge on any atom is -0.396 e. The number of aryl methyl sites for hydroxylation is 1. The van der Waals surface area contributed by atoms with Crippen molar-refractivity contribution in [2.45, 2.75) is 32.7 Å². The molecule has 1 aromatic rings. The van der Waals surface area contributed by atoms with Gasteiger partial charge < -0.3 is 5.11 Å². The first-order valence-electron chi connectivity index (χ1n) is 4.25. The summed E-state index contributed by atoms with van der Waals surface area (Å²) < 4.78 is 1.85. The van der Waals surface area contributed by atoms with Crippen LogP contribution < -0.4 is 0 Å². The van der Waals surface area contributed by atoms with Crippen LogP contribution in [0.5, 0.6) is 0 Å². The Bertz CT molecular complexity index is 232. The lowest BCUT2D eigenvalue weighted by Gasteiger charge is -2.06. The lowest BCUT2D eigenvalue weighted by atomic mass is 10.1. The number of aliphatic hydroxyl groups excluding tert-OH is 1. The van der Waals surface area contributed by atoms with Crippen molar-refractivity contribution in [3.63, 3.8) is 0 Å². The first-order chi connectivity index (χ1) is 5.75. The minimum absolute atomic E-state index is 0.206. The highest BCUT2D eigenvalue weighted by atomic mass is 16.3. The van der Waals surface area contributed by atoms with Crippen LogP contribution in [0.25, 0.3) is 0 Å². The molecule has 0 saturated carbocycles. The van der Waals surface area contributed by atoms with Crippen molar-refractivity contribution >= 4 is 0 Å². The third-order valence-corrected chi connectivity index (χ3v) is 1.77. The van der Waals surface area contributed by atoms with Crippen LogP contribution >= 0.6 is 0 Å². The van der Waals surface area contributed by atoms with Gasteiger partial charge in [0.2, 0.25) is 0 Å². The monoisotopic (exact) mass is 169 g/mol. The second kappa shape index (κ2) is 4.21. The summed E-state index contributed by atoms with van der Waals surface area (Å²) in [5.74, 6) is 0.443. The average molecular weight is 169 g/mol. The first-order valence-corrected chi connectivity index (χ1v) is 4.25. The number of aromatic nitrogens is 3. The topological polar surface area (TPSA) is 50.9 Å². The predicted octanol–water partition coefficient (Wildman–Crippen LogP) is 0.784.